The molecule has 0 spiro atoms. The van der Waals surface area contributed by atoms with E-state index in [4.69, 9.17) is 9.47 Å². The largest absolute Gasteiger partial charge is 0.445 e. The molecule has 0 radical (unpaired) electrons. The number of aliphatic hydroxyl groups excluding tert-OH is 1. The van der Waals surface area contributed by atoms with Crippen molar-refractivity contribution in [2.24, 2.45) is 0 Å². The Bertz CT molecular complexity index is 879. The van der Waals surface area contributed by atoms with Gasteiger partial charge in [-0.15, -0.1) is 0 Å². The molecule has 31 heavy (non-hydrogen) atoms. The molecule has 2 aromatic rings. The summed E-state index contributed by atoms with van der Waals surface area (Å²) in [6, 6.07) is 12.3. The average Bonchev–Trinajstić information content (AvgIpc) is 3.21. The molecule has 0 saturated carbocycles. The van der Waals surface area contributed by atoms with Crippen molar-refractivity contribution in [1.29, 1.82) is 0 Å². The molecule has 2 amide bonds. The lowest BCUT2D eigenvalue weighted by molar-refractivity contribution is -0.127. The van der Waals surface area contributed by atoms with Gasteiger partial charge in [-0.25, -0.2) is 4.79 Å². The lowest BCUT2D eigenvalue weighted by Gasteiger charge is -2.32. The van der Waals surface area contributed by atoms with Gasteiger partial charge in [0.05, 0.1) is 18.8 Å². The molecule has 0 bridgehead atoms. The Balaban J connectivity index is 1.34. The van der Waals surface area contributed by atoms with Crippen LogP contribution in [-0.4, -0.2) is 58.3 Å². The summed E-state index contributed by atoms with van der Waals surface area (Å²) in [5.41, 5.74) is 1.89. The number of ether oxygens (including phenoxy) is 2. The quantitative estimate of drug-likeness (QED) is 0.762. The van der Waals surface area contributed by atoms with Gasteiger partial charge in [0.15, 0.2) is 0 Å². The maximum absolute atomic E-state index is 13.0. The van der Waals surface area contributed by atoms with Gasteiger partial charge in [0.2, 0.25) is 5.91 Å². The van der Waals surface area contributed by atoms with Crippen molar-refractivity contribution in [3.63, 3.8) is 0 Å². The Hall–Kier alpha value is -2.97. The number of carbonyl (C=O) groups is 2. The van der Waals surface area contributed by atoms with Crippen LogP contribution in [0.1, 0.15) is 36.5 Å². The zero-order chi connectivity index (χ0) is 21.6. The number of nitrogens with one attached hydrogen (secondary N) is 1. The Kier molecular flexibility index (Phi) is 6.79. The molecule has 0 aliphatic carbocycles. The smallest absolute Gasteiger partial charge is 0.410 e. The fourth-order valence-corrected chi connectivity index (χ4v) is 4.10. The van der Waals surface area contributed by atoms with Gasteiger partial charge in [-0.2, -0.15) is 0 Å². The summed E-state index contributed by atoms with van der Waals surface area (Å²) >= 11 is 0. The standard InChI is InChI=1S/C23H27N3O5/c27-19-13-20(26(14-19)23(29)31-15-16-4-2-1-3-5-16)22(28)25-18-8-11-30-21(12-18)17-6-9-24-10-7-17/h1-7,9-10,18-21,27H,8,11-15H2,(H,25,28)/t18?,19-,20+,21?/m1/s1. The van der Waals surface area contributed by atoms with Crippen LogP contribution in [0.25, 0.3) is 0 Å². The van der Waals surface area contributed by atoms with Crippen molar-refractivity contribution in [3.8, 4) is 0 Å². The van der Waals surface area contributed by atoms with Gasteiger partial charge in [0.1, 0.15) is 12.6 Å². The second-order valence-electron chi connectivity index (χ2n) is 7.97. The van der Waals surface area contributed by atoms with E-state index in [1.165, 1.54) is 4.90 Å². The number of benzene rings is 1. The lowest BCUT2D eigenvalue weighted by atomic mass is 9.97. The molecule has 3 heterocycles. The lowest BCUT2D eigenvalue weighted by Crippen LogP contribution is -2.50. The van der Waals surface area contributed by atoms with Crippen LogP contribution in [-0.2, 0) is 20.9 Å². The van der Waals surface area contributed by atoms with Crippen LogP contribution in [0.4, 0.5) is 4.79 Å². The summed E-state index contributed by atoms with van der Waals surface area (Å²) < 4.78 is 11.2. The highest BCUT2D eigenvalue weighted by molar-refractivity contribution is 5.86. The third-order valence-corrected chi connectivity index (χ3v) is 5.73. The van der Waals surface area contributed by atoms with Gasteiger partial charge >= 0.3 is 6.09 Å². The summed E-state index contributed by atoms with van der Waals surface area (Å²) in [6.45, 7) is 0.737. The van der Waals surface area contributed by atoms with Crippen LogP contribution < -0.4 is 5.32 Å². The summed E-state index contributed by atoms with van der Waals surface area (Å²) in [5.74, 6) is -0.270. The molecule has 2 N–H and O–H groups in total. The van der Waals surface area contributed by atoms with Gasteiger partial charge in [-0.3, -0.25) is 14.7 Å². The topological polar surface area (TPSA) is 101 Å². The Labute approximate surface area is 181 Å². The highest BCUT2D eigenvalue weighted by Crippen LogP contribution is 2.28. The molecule has 8 nitrogen and oxygen atoms in total. The van der Waals surface area contributed by atoms with Crippen LogP contribution in [0.2, 0.25) is 0 Å². The number of hydrogen-bond donors (Lipinski definition) is 2. The predicted octanol–water partition coefficient (Wildman–Crippen LogP) is 2.19. The van der Waals surface area contributed by atoms with Crippen LogP contribution >= 0.6 is 0 Å². The molecule has 2 fully saturated rings. The Morgan fingerprint density at radius 1 is 1.16 bits per heavy atom. The molecule has 1 aromatic heterocycles. The van der Waals surface area contributed by atoms with Crippen LogP contribution in [0.3, 0.4) is 0 Å². The molecule has 2 unspecified atom stereocenters. The first kappa shape index (κ1) is 21.3. The van der Waals surface area contributed by atoms with E-state index in [2.05, 4.69) is 10.3 Å². The van der Waals surface area contributed by atoms with Crippen molar-refractivity contribution >= 4 is 12.0 Å². The second-order valence-corrected chi connectivity index (χ2v) is 7.97. The molecule has 8 heteroatoms. The molecule has 2 aliphatic rings. The van der Waals surface area contributed by atoms with Crippen molar-refractivity contribution in [2.75, 3.05) is 13.2 Å². The average molecular weight is 425 g/mol. The van der Waals surface area contributed by atoms with E-state index in [1.807, 2.05) is 42.5 Å². The number of likely N-dealkylation sites (tertiary alicyclic amines) is 1. The minimum absolute atomic E-state index is 0.0700. The van der Waals surface area contributed by atoms with Crippen molar-refractivity contribution in [2.45, 2.75) is 50.2 Å². The van der Waals surface area contributed by atoms with E-state index in [0.29, 0.717) is 19.4 Å². The summed E-state index contributed by atoms with van der Waals surface area (Å²) in [4.78, 5) is 30.9. The summed E-state index contributed by atoms with van der Waals surface area (Å²) in [5, 5.41) is 13.1. The van der Waals surface area contributed by atoms with Gasteiger partial charge in [-0.1, -0.05) is 30.3 Å². The first-order valence-corrected chi connectivity index (χ1v) is 10.6. The minimum atomic E-state index is -0.751. The fourth-order valence-electron chi connectivity index (χ4n) is 4.10. The number of carbonyl (C=O) groups excluding carboxylic acids is 2. The molecule has 2 saturated heterocycles. The van der Waals surface area contributed by atoms with E-state index in [0.717, 1.165) is 11.1 Å². The molecular formula is C23H27N3O5. The molecule has 2 aliphatic heterocycles. The zero-order valence-electron chi connectivity index (χ0n) is 17.2. The van der Waals surface area contributed by atoms with E-state index >= 15 is 0 Å². The third-order valence-electron chi connectivity index (χ3n) is 5.73. The molecule has 4 atom stereocenters. The normalized spacial score (nSPS) is 25.8. The number of nitrogens with zero attached hydrogens (tertiary/aromatic N) is 2. The van der Waals surface area contributed by atoms with Gasteiger partial charge in [-0.05, 0) is 36.1 Å². The second kappa shape index (κ2) is 9.89. The monoisotopic (exact) mass is 425 g/mol. The molecular weight excluding hydrogens is 398 g/mol. The fraction of sp³-hybridized carbons (Fsp3) is 0.435. The number of hydrogen-bond acceptors (Lipinski definition) is 6. The molecule has 164 valence electrons. The zero-order valence-corrected chi connectivity index (χ0v) is 17.2. The number of pyridine rings is 1. The van der Waals surface area contributed by atoms with Crippen LogP contribution in [0, 0.1) is 0 Å². The van der Waals surface area contributed by atoms with Gasteiger partial charge < -0.3 is 19.9 Å². The van der Waals surface area contributed by atoms with E-state index < -0.39 is 18.2 Å². The number of aromatic nitrogens is 1. The highest BCUT2D eigenvalue weighted by Gasteiger charge is 2.40. The first-order valence-electron chi connectivity index (χ1n) is 10.6. The number of rotatable bonds is 5. The number of amides is 2. The van der Waals surface area contributed by atoms with Crippen molar-refractivity contribution in [3.05, 3.63) is 66.0 Å². The van der Waals surface area contributed by atoms with Gasteiger partial charge in [0.25, 0.3) is 0 Å². The summed E-state index contributed by atoms with van der Waals surface area (Å²) in [7, 11) is 0. The maximum atomic E-state index is 13.0. The minimum Gasteiger partial charge on any atom is -0.445 e. The summed E-state index contributed by atoms with van der Waals surface area (Å²) in [6.07, 6.45) is 3.53. The van der Waals surface area contributed by atoms with Crippen molar-refractivity contribution < 1.29 is 24.2 Å². The first-order chi connectivity index (χ1) is 15.1. The van der Waals surface area contributed by atoms with Crippen molar-refractivity contribution in [1.82, 2.24) is 15.2 Å². The van der Waals surface area contributed by atoms with Crippen LogP contribution in [0.15, 0.2) is 54.9 Å². The molecule has 1 aromatic carbocycles. The van der Waals surface area contributed by atoms with E-state index in [-0.39, 0.29) is 37.6 Å². The third kappa shape index (κ3) is 5.39. The van der Waals surface area contributed by atoms with E-state index in [1.54, 1.807) is 12.4 Å². The predicted molar refractivity (Wildman–Crippen MR) is 112 cm³/mol. The SMILES string of the molecule is O=C(NC1CCOC(c2ccncc2)C1)[C@@H]1C[C@@H](O)CN1C(=O)OCc1ccccc1. The van der Waals surface area contributed by atoms with E-state index in [9.17, 15) is 14.7 Å². The van der Waals surface area contributed by atoms with Gasteiger partial charge in [0, 0.05) is 31.5 Å². The Morgan fingerprint density at radius 2 is 1.94 bits per heavy atom. The number of aliphatic hydroxyl groups is 1. The Morgan fingerprint density at radius 3 is 2.71 bits per heavy atom. The maximum Gasteiger partial charge on any atom is 0.410 e. The van der Waals surface area contributed by atoms with Crippen LogP contribution in [0.5, 0.6) is 0 Å². The molecule has 4 rings (SSSR count). The number of β-amino-alcohol motifs (C(OH)–C–C–N with tert-alkyl or cyclic N) is 1. The highest BCUT2D eigenvalue weighted by atomic mass is 16.6.